The van der Waals surface area contributed by atoms with Crippen molar-refractivity contribution in [3.63, 3.8) is 0 Å². The minimum absolute atomic E-state index is 0.177. The van der Waals surface area contributed by atoms with Crippen LogP contribution in [0.15, 0.2) is 71.6 Å². The Bertz CT molecular complexity index is 1230. The van der Waals surface area contributed by atoms with Gasteiger partial charge in [-0.1, -0.05) is 24.3 Å². The second-order valence-electron chi connectivity index (χ2n) is 8.26. The summed E-state index contributed by atoms with van der Waals surface area (Å²) in [4.78, 5) is 26.5. The number of halogens is 3. The summed E-state index contributed by atoms with van der Waals surface area (Å²) in [6.07, 6.45) is -2.74. The highest BCUT2D eigenvalue weighted by molar-refractivity contribution is 7.98. The number of hydrogen-bond donors (Lipinski definition) is 0. The van der Waals surface area contributed by atoms with Gasteiger partial charge >= 0.3 is 18.1 Å². The molecule has 0 saturated carbocycles. The molecule has 188 valence electrons. The number of carbonyl (C=O) groups is 2. The molecule has 1 aliphatic rings. The highest BCUT2D eigenvalue weighted by atomic mass is 32.2. The number of anilines is 1. The molecule has 0 aliphatic carbocycles. The Balaban J connectivity index is 1.31. The van der Waals surface area contributed by atoms with Crippen LogP contribution in [0.2, 0.25) is 0 Å². The zero-order valence-electron chi connectivity index (χ0n) is 19.5. The van der Waals surface area contributed by atoms with E-state index in [0.717, 1.165) is 52.4 Å². The van der Waals surface area contributed by atoms with Crippen molar-refractivity contribution in [2.75, 3.05) is 18.6 Å². The van der Waals surface area contributed by atoms with Crippen molar-refractivity contribution in [3.8, 4) is 5.75 Å². The number of benzene rings is 3. The largest absolute Gasteiger partial charge is 0.489 e. The summed E-state index contributed by atoms with van der Waals surface area (Å²) in [5.41, 5.74) is 2.83. The molecule has 0 unspecified atom stereocenters. The molecule has 4 rings (SSSR count). The number of esters is 1. The van der Waals surface area contributed by atoms with Crippen molar-refractivity contribution in [2.45, 2.75) is 36.3 Å². The fraction of sp³-hybridized carbons (Fsp3) is 0.259. The molecule has 0 saturated heterocycles. The number of methoxy groups -OCH3 is 1. The van der Waals surface area contributed by atoms with Crippen LogP contribution in [0.3, 0.4) is 0 Å². The molecule has 0 radical (unpaired) electrons. The molecule has 0 bridgehead atoms. The third-order valence-corrected chi connectivity index (χ3v) is 6.86. The van der Waals surface area contributed by atoms with Gasteiger partial charge in [-0.05, 0) is 72.0 Å². The summed E-state index contributed by atoms with van der Waals surface area (Å²) in [5, 5.41) is 0. The van der Waals surface area contributed by atoms with Gasteiger partial charge in [-0.3, -0.25) is 4.79 Å². The fourth-order valence-corrected chi connectivity index (χ4v) is 4.79. The lowest BCUT2D eigenvalue weighted by Crippen LogP contribution is -2.40. The summed E-state index contributed by atoms with van der Waals surface area (Å²) in [7, 11) is 1.20. The minimum atomic E-state index is -4.35. The number of amides is 1. The van der Waals surface area contributed by atoms with Crippen LogP contribution in [0.25, 0.3) is 0 Å². The van der Waals surface area contributed by atoms with E-state index in [-0.39, 0.29) is 6.61 Å². The summed E-state index contributed by atoms with van der Waals surface area (Å²) >= 11 is 1.66. The Labute approximate surface area is 211 Å². The molecule has 5 nitrogen and oxygen atoms in total. The number of aryl methyl sites for hydroxylation is 1. The average molecular weight is 516 g/mol. The molecular weight excluding hydrogens is 491 g/mol. The third kappa shape index (κ3) is 6.20. The van der Waals surface area contributed by atoms with E-state index in [9.17, 15) is 22.8 Å². The van der Waals surface area contributed by atoms with Gasteiger partial charge in [0, 0.05) is 22.9 Å². The van der Waals surface area contributed by atoms with E-state index < -0.39 is 23.6 Å². The quantitative estimate of drug-likeness (QED) is 0.228. The van der Waals surface area contributed by atoms with Gasteiger partial charge in [0.1, 0.15) is 12.4 Å². The molecule has 0 aromatic heterocycles. The summed E-state index contributed by atoms with van der Waals surface area (Å²) in [6.45, 7) is 0.664. The smallest absolute Gasteiger partial charge is 0.416 e. The molecule has 0 N–H and O–H groups in total. The van der Waals surface area contributed by atoms with E-state index in [4.69, 9.17) is 4.74 Å². The Morgan fingerprint density at radius 1 is 0.972 bits per heavy atom. The molecule has 0 atom stereocenters. The molecule has 3 aromatic carbocycles. The lowest BCUT2D eigenvalue weighted by atomic mass is 10.0. The van der Waals surface area contributed by atoms with Crippen molar-refractivity contribution in [3.05, 3.63) is 89.0 Å². The van der Waals surface area contributed by atoms with Gasteiger partial charge in [0.2, 0.25) is 0 Å². The summed E-state index contributed by atoms with van der Waals surface area (Å²) in [6, 6.07) is 18.4. The molecule has 1 aliphatic heterocycles. The second-order valence-corrected chi connectivity index (χ2v) is 9.31. The SMILES string of the molecule is COC(=O)C(=O)N1CCCc2cc(SCc3ccc(OCc4ccc(C(F)(F)F)cc4)cc3)ccc21. The molecular formula is C27H24F3NO4S. The number of hydrogen-bond acceptors (Lipinski definition) is 5. The Hall–Kier alpha value is -3.46. The highest BCUT2D eigenvalue weighted by Crippen LogP contribution is 2.33. The molecule has 1 amide bonds. The van der Waals surface area contributed by atoms with E-state index in [0.29, 0.717) is 17.9 Å². The predicted octanol–water partition coefficient (Wildman–Crippen LogP) is 6.03. The fourth-order valence-electron chi connectivity index (χ4n) is 3.88. The zero-order valence-corrected chi connectivity index (χ0v) is 20.3. The van der Waals surface area contributed by atoms with Gasteiger partial charge in [-0.15, -0.1) is 11.8 Å². The predicted molar refractivity (Wildman–Crippen MR) is 131 cm³/mol. The van der Waals surface area contributed by atoms with Crippen LogP contribution in [0.1, 0.15) is 28.7 Å². The maximum Gasteiger partial charge on any atom is 0.416 e. The Morgan fingerprint density at radius 3 is 2.33 bits per heavy atom. The maximum atomic E-state index is 12.7. The molecule has 3 aromatic rings. The third-order valence-electron chi connectivity index (χ3n) is 5.79. The van der Waals surface area contributed by atoms with Crippen LogP contribution in [-0.4, -0.2) is 25.5 Å². The zero-order chi connectivity index (χ0) is 25.7. The summed E-state index contributed by atoms with van der Waals surface area (Å²) in [5.74, 6) is -0.164. The molecule has 9 heteroatoms. The van der Waals surface area contributed by atoms with Crippen molar-refractivity contribution < 1.29 is 32.2 Å². The lowest BCUT2D eigenvalue weighted by molar-refractivity contribution is -0.151. The first-order valence-electron chi connectivity index (χ1n) is 11.3. The van der Waals surface area contributed by atoms with E-state index >= 15 is 0 Å². The van der Waals surface area contributed by atoms with Crippen molar-refractivity contribution in [2.24, 2.45) is 0 Å². The number of rotatable bonds is 6. The van der Waals surface area contributed by atoms with Gasteiger partial charge in [-0.25, -0.2) is 4.79 Å². The van der Waals surface area contributed by atoms with Crippen molar-refractivity contribution in [1.29, 1.82) is 0 Å². The molecule has 1 heterocycles. The Kier molecular flexibility index (Phi) is 7.88. The van der Waals surface area contributed by atoms with Crippen molar-refractivity contribution in [1.82, 2.24) is 0 Å². The van der Waals surface area contributed by atoms with Crippen LogP contribution >= 0.6 is 11.8 Å². The van der Waals surface area contributed by atoms with Gasteiger partial charge in [0.15, 0.2) is 0 Å². The van der Waals surface area contributed by atoms with Crippen LogP contribution in [0.4, 0.5) is 18.9 Å². The van der Waals surface area contributed by atoms with Crippen LogP contribution in [0, 0.1) is 0 Å². The Morgan fingerprint density at radius 2 is 1.67 bits per heavy atom. The van der Waals surface area contributed by atoms with Gasteiger partial charge in [0.05, 0.1) is 12.7 Å². The van der Waals surface area contributed by atoms with Gasteiger partial charge in [-0.2, -0.15) is 13.2 Å². The average Bonchev–Trinajstić information content (AvgIpc) is 2.89. The van der Waals surface area contributed by atoms with E-state index in [2.05, 4.69) is 10.8 Å². The number of carbonyl (C=O) groups excluding carboxylic acids is 2. The first kappa shape index (κ1) is 25.6. The first-order chi connectivity index (χ1) is 17.2. The second kappa shape index (κ2) is 11.1. The van der Waals surface area contributed by atoms with Crippen LogP contribution in [0.5, 0.6) is 5.75 Å². The lowest BCUT2D eigenvalue weighted by Gasteiger charge is -2.28. The topological polar surface area (TPSA) is 55.8 Å². The number of nitrogens with zero attached hydrogens (tertiary/aromatic N) is 1. The standard InChI is InChI=1S/C27H24F3NO4S/c1-34-26(33)25(32)31-14-2-3-20-15-23(12-13-24(20)31)36-17-19-6-10-22(11-7-19)35-16-18-4-8-21(9-5-18)27(28,29)30/h4-13,15H,2-3,14,16-17H2,1H3. The maximum absolute atomic E-state index is 12.7. The number of thioether (sulfide) groups is 1. The van der Waals surface area contributed by atoms with Gasteiger partial charge in [0.25, 0.3) is 0 Å². The van der Waals surface area contributed by atoms with E-state index in [1.165, 1.54) is 24.1 Å². The highest BCUT2D eigenvalue weighted by Gasteiger charge is 2.30. The molecule has 0 spiro atoms. The monoisotopic (exact) mass is 515 g/mol. The number of ether oxygens (including phenoxy) is 2. The minimum Gasteiger partial charge on any atom is -0.489 e. The molecule has 0 fully saturated rings. The number of alkyl halides is 3. The molecule has 36 heavy (non-hydrogen) atoms. The normalized spacial score (nSPS) is 13.2. The van der Waals surface area contributed by atoms with Crippen molar-refractivity contribution >= 4 is 29.3 Å². The van der Waals surface area contributed by atoms with E-state index in [1.54, 1.807) is 11.8 Å². The van der Waals surface area contributed by atoms with Crippen LogP contribution in [-0.2, 0) is 39.3 Å². The van der Waals surface area contributed by atoms with E-state index in [1.807, 2.05) is 36.4 Å². The first-order valence-corrected chi connectivity index (χ1v) is 12.3. The van der Waals surface area contributed by atoms with Gasteiger partial charge < -0.3 is 14.4 Å². The number of fused-ring (bicyclic) bond motifs is 1. The van der Waals surface area contributed by atoms with Crippen LogP contribution < -0.4 is 9.64 Å². The summed E-state index contributed by atoms with van der Waals surface area (Å²) < 4.78 is 48.3.